The molecule has 0 aliphatic carbocycles. The van der Waals surface area contributed by atoms with Crippen LogP contribution in [0.5, 0.6) is 5.75 Å². The number of anilines is 1. The molecule has 0 aliphatic heterocycles. The molecule has 0 fully saturated rings. The molecule has 0 atom stereocenters. The van der Waals surface area contributed by atoms with Crippen molar-refractivity contribution in [1.82, 2.24) is 9.88 Å². The van der Waals surface area contributed by atoms with E-state index in [9.17, 15) is 4.79 Å². The van der Waals surface area contributed by atoms with Gasteiger partial charge in [-0.05, 0) is 36.8 Å². The molecule has 0 saturated heterocycles. The lowest BCUT2D eigenvalue weighted by Gasteiger charge is -2.23. The monoisotopic (exact) mass is 343 g/mol. The number of pyridine rings is 1. The summed E-state index contributed by atoms with van der Waals surface area (Å²) >= 11 is 0. The van der Waals surface area contributed by atoms with E-state index < -0.39 is 0 Å². The van der Waals surface area contributed by atoms with Crippen LogP contribution in [-0.4, -0.2) is 49.7 Å². The number of nitrogens with one attached hydrogen (secondary N) is 1. The fourth-order valence-electron chi connectivity index (χ4n) is 2.41. The van der Waals surface area contributed by atoms with Gasteiger partial charge in [-0.2, -0.15) is 0 Å². The molecule has 134 valence electrons. The number of ether oxygens (including phenoxy) is 2. The first-order valence-electron chi connectivity index (χ1n) is 8.31. The molecule has 1 aromatic carbocycles. The molecule has 0 saturated carbocycles. The van der Waals surface area contributed by atoms with Crippen LogP contribution in [0, 0.1) is 0 Å². The normalized spacial score (nSPS) is 10.4. The van der Waals surface area contributed by atoms with Crippen molar-refractivity contribution >= 4 is 11.7 Å². The van der Waals surface area contributed by atoms with Gasteiger partial charge in [-0.3, -0.25) is 4.79 Å². The molecule has 1 amide bonds. The number of carbonyl (C=O) groups is 1. The maximum Gasteiger partial charge on any atom is 0.254 e. The van der Waals surface area contributed by atoms with Gasteiger partial charge in [-0.1, -0.05) is 12.1 Å². The minimum atomic E-state index is -0.0511. The van der Waals surface area contributed by atoms with Crippen molar-refractivity contribution < 1.29 is 14.3 Å². The summed E-state index contributed by atoms with van der Waals surface area (Å²) < 4.78 is 10.6. The maximum absolute atomic E-state index is 12.9. The Labute approximate surface area is 148 Å². The van der Waals surface area contributed by atoms with Gasteiger partial charge in [0.2, 0.25) is 0 Å². The molecule has 2 aromatic rings. The average Bonchev–Trinajstić information content (AvgIpc) is 2.66. The van der Waals surface area contributed by atoms with Crippen molar-refractivity contribution in [3.05, 3.63) is 53.7 Å². The first kappa shape index (κ1) is 18.7. The van der Waals surface area contributed by atoms with E-state index in [0.29, 0.717) is 37.7 Å². The van der Waals surface area contributed by atoms with Gasteiger partial charge in [0.15, 0.2) is 0 Å². The fourth-order valence-corrected chi connectivity index (χ4v) is 2.41. The van der Waals surface area contributed by atoms with E-state index in [2.05, 4.69) is 10.3 Å². The lowest BCUT2D eigenvalue weighted by atomic mass is 10.1. The van der Waals surface area contributed by atoms with Gasteiger partial charge in [0.05, 0.1) is 13.2 Å². The largest absolute Gasteiger partial charge is 0.494 e. The number of aromatic nitrogens is 1. The molecule has 6 heteroatoms. The molecule has 0 spiro atoms. The Bertz CT molecular complexity index is 674. The van der Waals surface area contributed by atoms with E-state index in [0.717, 1.165) is 11.3 Å². The number of carbonyl (C=O) groups excluding carboxylic acids is 1. The highest BCUT2D eigenvalue weighted by atomic mass is 16.5. The third kappa shape index (κ3) is 5.46. The van der Waals surface area contributed by atoms with Gasteiger partial charge in [0, 0.05) is 39.0 Å². The Balaban J connectivity index is 2.15. The smallest absolute Gasteiger partial charge is 0.254 e. The Hall–Kier alpha value is -2.60. The molecular formula is C19H25N3O3. The Morgan fingerprint density at radius 2 is 2.00 bits per heavy atom. The van der Waals surface area contributed by atoms with Crippen LogP contribution in [0.2, 0.25) is 0 Å². The lowest BCUT2D eigenvalue weighted by Crippen LogP contribution is -2.33. The number of rotatable bonds is 9. The minimum absolute atomic E-state index is 0.0511. The zero-order chi connectivity index (χ0) is 18.1. The zero-order valence-corrected chi connectivity index (χ0v) is 15.0. The van der Waals surface area contributed by atoms with E-state index in [1.54, 1.807) is 37.4 Å². The van der Waals surface area contributed by atoms with E-state index in [1.807, 2.05) is 31.2 Å². The van der Waals surface area contributed by atoms with Gasteiger partial charge >= 0.3 is 0 Å². The van der Waals surface area contributed by atoms with Gasteiger partial charge < -0.3 is 19.7 Å². The van der Waals surface area contributed by atoms with Crippen LogP contribution in [0.15, 0.2) is 42.6 Å². The van der Waals surface area contributed by atoms with Crippen molar-refractivity contribution in [3.63, 3.8) is 0 Å². The molecule has 1 aromatic heterocycles. The molecule has 25 heavy (non-hydrogen) atoms. The molecule has 1 N–H and O–H groups in total. The van der Waals surface area contributed by atoms with Gasteiger partial charge in [-0.25, -0.2) is 4.98 Å². The van der Waals surface area contributed by atoms with Crippen molar-refractivity contribution in [3.8, 4) is 5.75 Å². The molecule has 1 heterocycles. The van der Waals surface area contributed by atoms with Crippen molar-refractivity contribution in [2.24, 2.45) is 0 Å². The summed E-state index contributed by atoms with van der Waals surface area (Å²) in [4.78, 5) is 18.8. The van der Waals surface area contributed by atoms with E-state index in [-0.39, 0.29) is 5.91 Å². The van der Waals surface area contributed by atoms with E-state index in [4.69, 9.17) is 9.47 Å². The third-order valence-electron chi connectivity index (χ3n) is 3.72. The van der Waals surface area contributed by atoms with Gasteiger partial charge in [0.25, 0.3) is 5.91 Å². The van der Waals surface area contributed by atoms with Gasteiger partial charge in [-0.15, -0.1) is 0 Å². The number of amides is 1. The van der Waals surface area contributed by atoms with Crippen LogP contribution in [0.1, 0.15) is 22.8 Å². The molecule has 2 rings (SSSR count). The van der Waals surface area contributed by atoms with Gasteiger partial charge in [0.1, 0.15) is 11.6 Å². The van der Waals surface area contributed by atoms with E-state index in [1.165, 1.54) is 0 Å². The second kappa shape index (κ2) is 9.64. The standard InChI is InChI=1S/C19H25N3O3/c1-4-25-17-7-5-15(6-8-17)14-22(11-12-24-3)19(23)16-9-10-21-18(13-16)20-2/h5-10,13H,4,11-12,14H2,1-3H3,(H,20,21). The van der Waals surface area contributed by atoms with Crippen LogP contribution in [-0.2, 0) is 11.3 Å². The SMILES string of the molecule is CCOc1ccc(CN(CCOC)C(=O)c2ccnc(NC)c2)cc1. The first-order valence-corrected chi connectivity index (χ1v) is 8.31. The fraction of sp³-hybridized carbons (Fsp3) is 0.368. The van der Waals surface area contributed by atoms with Crippen LogP contribution in [0.3, 0.4) is 0 Å². The molecular weight excluding hydrogens is 318 g/mol. The summed E-state index contributed by atoms with van der Waals surface area (Å²) in [6.45, 7) is 4.08. The highest BCUT2D eigenvalue weighted by Gasteiger charge is 2.16. The predicted molar refractivity (Wildman–Crippen MR) is 98.0 cm³/mol. The highest BCUT2D eigenvalue weighted by molar-refractivity contribution is 5.94. The number of hydrogen-bond acceptors (Lipinski definition) is 5. The number of methoxy groups -OCH3 is 1. The molecule has 0 radical (unpaired) electrons. The lowest BCUT2D eigenvalue weighted by molar-refractivity contribution is 0.0680. The third-order valence-corrected chi connectivity index (χ3v) is 3.72. The quantitative estimate of drug-likeness (QED) is 0.758. The summed E-state index contributed by atoms with van der Waals surface area (Å²) in [5, 5.41) is 2.95. The second-order valence-electron chi connectivity index (χ2n) is 5.48. The average molecular weight is 343 g/mol. The zero-order valence-electron chi connectivity index (χ0n) is 15.0. The van der Waals surface area contributed by atoms with E-state index >= 15 is 0 Å². The van der Waals surface area contributed by atoms with Crippen LogP contribution in [0.4, 0.5) is 5.82 Å². The molecule has 6 nitrogen and oxygen atoms in total. The minimum Gasteiger partial charge on any atom is -0.494 e. The second-order valence-corrected chi connectivity index (χ2v) is 5.48. The Morgan fingerprint density at radius 1 is 1.24 bits per heavy atom. The summed E-state index contributed by atoms with van der Waals surface area (Å²) in [7, 11) is 3.41. The van der Waals surface area contributed by atoms with Crippen molar-refractivity contribution in [2.45, 2.75) is 13.5 Å². The molecule has 0 bridgehead atoms. The number of benzene rings is 1. The summed E-state index contributed by atoms with van der Waals surface area (Å²) in [5.41, 5.74) is 1.64. The number of hydrogen-bond donors (Lipinski definition) is 1. The predicted octanol–water partition coefficient (Wildman–Crippen LogP) is 2.81. The topological polar surface area (TPSA) is 63.7 Å². The summed E-state index contributed by atoms with van der Waals surface area (Å²) in [6, 6.07) is 11.3. The van der Waals surface area contributed by atoms with Crippen LogP contribution < -0.4 is 10.1 Å². The Kier molecular flexibility index (Phi) is 7.22. The highest BCUT2D eigenvalue weighted by Crippen LogP contribution is 2.16. The summed E-state index contributed by atoms with van der Waals surface area (Å²) in [6.07, 6.45) is 1.63. The Morgan fingerprint density at radius 3 is 2.64 bits per heavy atom. The molecule has 0 unspecified atom stereocenters. The number of nitrogens with zero attached hydrogens (tertiary/aromatic N) is 2. The summed E-state index contributed by atoms with van der Waals surface area (Å²) in [5.74, 6) is 1.44. The maximum atomic E-state index is 12.9. The van der Waals surface area contributed by atoms with Crippen molar-refractivity contribution in [1.29, 1.82) is 0 Å². The van der Waals surface area contributed by atoms with Crippen LogP contribution in [0.25, 0.3) is 0 Å². The van der Waals surface area contributed by atoms with Crippen molar-refractivity contribution in [2.75, 3.05) is 39.2 Å². The molecule has 0 aliphatic rings. The van der Waals surface area contributed by atoms with Crippen LogP contribution >= 0.6 is 0 Å². The first-order chi connectivity index (χ1) is 12.2.